The quantitative estimate of drug-likeness (QED) is 0.813. The van der Waals surface area contributed by atoms with Gasteiger partial charge < -0.3 is 10.2 Å². The van der Waals surface area contributed by atoms with Crippen molar-refractivity contribution in [3.63, 3.8) is 0 Å². The molecule has 2 saturated heterocycles. The summed E-state index contributed by atoms with van der Waals surface area (Å²) in [6, 6.07) is 7.34. The van der Waals surface area contributed by atoms with Crippen molar-refractivity contribution in [1.29, 1.82) is 0 Å². The van der Waals surface area contributed by atoms with Crippen LogP contribution >= 0.6 is 0 Å². The molecule has 1 aliphatic carbocycles. The Morgan fingerprint density at radius 2 is 1.89 bits per heavy atom. The van der Waals surface area contributed by atoms with Crippen LogP contribution in [-0.4, -0.2) is 47.3 Å². The lowest BCUT2D eigenvalue weighted by Crippen LogP contribution is -2.49. The minimum Gasteiger partial charge on any atom is -0.341 e. The number of nitrogens with zero attached hydrogens (tertiary/aromatic N) is 2. The van der Waals surface area contributed by atoms with E-state index in [-0.39, 0.29) is 18.4 Å². The first-order chi connectivity index (χ1) is 12.9. The van der Waals surface area contributed by atoms with Crippen LogP contribution in [0.5, 0.6) is 0 Å². The third kappa shape index (κ3) is 3.01. The molecule has 4 amide bonds. The molecule has 1 spiro atoms. The zero-order chi connectivity index (χ0) is 19.2. The summed E-state index contributed by atoms with van der Waals surface area (Å²) in [5.74, 6) is 0.457. The fourth-order valence-electron chi connectivity index (χ4n) is 5.06. The highest BCUT2D eigenvalue weighted by Gasteiger charge is 2.54. The Labute approximate surface area is 159 Å². The molecular weight excluding hydrogens is 342 g/mol. The summed E-state index contributed by atoms with van der Waals surface area (Å²) in [5, 5.41) is 2.92. The van der Waals surface area contributed by atoms with E-state index < -0.39 is 11.6 Å². The number of hydrogen-bond acceptors (Lipinski definition) is 3. The van der Waals surface area contributed by atoms with Crippen LogP contribution in [0.2, 0.25) is 0 Å². The maximum Gasteiger partial charge on any atom is 0.325 e. The molecule has 2 heterocycles. The van der Waals surface area contributed by atoms with Crippen LogP contribution in [0.3, 0.4) is 0 Å². The van der Waals surface area contributed by atoms with Crippen molar-refractivity contribution in [2.24, 2.45) is 11.8 Å². The molecule has 4 rings (SSSR count). The zero-order valence-corrected chi connectivity index (χ0v) is 16.0. The van der Waals surface area contributed by atoms with E-state index in [0.717, 1.165) is 35.3 Å². The normalized spacial score (nSPS) is 30.4. The Balaban J connectivity index is 1.55. The minimum atomic E-state index is -1.01. The number of urea groups is 1. The fraction of sp³-hybridized carbons (Fsp3) is 0.571. The molecule has 0 unspecified atom stereocenters. The zero-order valence-electron chi connectivity index (χ0n) is 16.0. The van der Waals surface area contributed by atoms with Crippen LogP contribution < -0.4 is 5.32 Å². The van der Waals surface area contributed by atoms with Gasteiger partial charge in [-0.25, -0.2) is 4.79 Å². The molecule has 144 valence electrons. The molecule has 1 aromatic rings. The van der Waals surface area contributed by atoms with Gasteiger partial charge in [-0.3, -0.25) is 14.5 Å². The smallest absolute Gasteiger partial charge is 0.325 e. The highest BCUT2D eigenvalue weighted by atomic mass is 16.2. The van der Waals surface area contributed by atoms with E-state index >= 15 is 0 Å². The number of rotatable bonds is 2. The first-order valence-corrected chi connectivity index (χ1v) is 9.91. The summed E-state index contributed by atoms with van der Waals surface area (Å²) in [4.78, 5) is 41.6. The molecule has 0 aromatic heterocycles. The molecule has 2 aliphatic heterocycles. The molecule has 1 aromatic carbocycles. The first kappa shape index (κ1) is 18.0. The Morgan fingerprint density at radius 3 is 2.63 bits per heavy atom. The van der Waals surface area contributed by atoms with E-state index in [0.29, 0.717) is 31.3 Å². The third-order valence-corrected chi connectivity index (χ3v) is 6.17. The van der Waals surface area contributed by atoms with Crippen LogP contribution in [-0.2, 0) is 21.5 Å². The van der Waals surface area contributed by atoms with Gasteiger partial charge in [0.05, 0.1) is 0 Å². The number of amides is 4. The second-order valence-corrected chi connectivity index (χ2v) is 8.48. The van der Waals surface area contributed by atoms with Crippen molar-refractivity contribution >= 4 is 17.8 Å². The summed E-state index contributed by atoms with van der Waals surface area (Å²) in [6.45, 7) is 5.49. The third-order valence-electron chi connectivity index (χ3n) is 6.17. The standard InChI is InChI=1S/C21H27N3O3/c1-14-10-15(2)12-23(11-14)18(25)13-24-19(26)21(22-20(24)27)9-5-7-16-6-3-4-8-17(16)21/h3-4,6,8,14-15H,5,7,9-13H2,1-2H3,(H,22,27)/t14-,15-,21-/m0/s1. The van der Waals surface area contributed by atoms with Gasteiger partial charge in [-0.1, -0.05) is 38.1 Å². The van der Waals surface area contributed by atoms with E-state index in [9.17, 15) is 14.4 Å². The van der Waals surface area contributed by atoms with Crippen LogP contribution in [0, 0.1) is 11.8 Å². The number of aryl methyl sites for hydroxylation is 1. The van der Waals surface area contributed by atoms with Crippen molar-refractivity contribution in [1.82, 2.24) is 15.1 Å². The predicted molar refractivity (Wildman–Crippen MR) is 101 cm³/mol. The average Bonchev–Trinajstić information content (AvgIpc) is 2.86. The van der Waals surface area contributed by atoms with Gasteiger partial charge in [0, 0.05) is 13.1 Å². The molecular formula is C21H27N3O3. The van der Waals surface area contributed by atoms with E-state index in [1.165, 1.54) is 0 Å². The van der Waals surface area contributed by atoms with Gasteiger partial charge in [0.25, 0.3) is 5.91 Å². The van der Waals surface area contributed by atoms with Gasteiger partial charge in [-0.05, 0) is 48.6 Å². The van der Waals surface area contributed by atoms with Crippen molar-refractivity contribution in [3.05, 3.63) is 35.4 Å². The van der Waals surface area contributed by atoms with Crippen LogP contribution in [0.1, 0.15) is 44.2 Å². The molecule has 1 N–H and O–H groups in total. The van der Waals surface area contributed by atoms with E-state index in [4.69, 9.17) is 0 Å². The summed E-state index contributed by atoms with van der Waals surface area (Å²) in [7, 11) is 0. The van der Waals surface area contributed by atoms with E-state index in [1.807, 2.05) is 24.3 Å². The van der Waals surface area contributed by atoms with Crippen molar-refractivity contribution in [3.8, 4) is 0 Å². The summed E-state index contributed by atoms with van der Waals surface area (Å²) in [6.07, 6.45) is 3.43. The lowest BCUT2D eigenvalue weighted by Gasteiger charge is -2.36. The second-order valence-electron chi connectivity index (χ2n) is 8.48. The van der Waals surface area contributed by atoms with Gasteiger partial charge in [0.15, 0.2) is 0 Å². The van der Waals surface area contributed by atoms with Gasteiger partial charge in [-0.15, -0.1) is 0 Å². The number of hydrogen-bond donors (Lipinski definition) is 1. The number of fused-ring (bicyclic) bond motifs is 2. The molecule has 0 bridgehead atoms. The highest BCUT2D eigenvalue weighted by Crippen LogP contribution is 2.39. The highest BCUT2D eigenvalue weighted by molar-refractivity contribution is 6.09. The van der Waals surface area contributed by atoms with Gasteiger partial charge in [0.1, 0.15) is 12.1 Å². The largest absolute Gasteiger partial charge is 0.341 e. The predicted octanol–water partition coefficient (Wildman–Crippen LogP) is 2.27. The molecule has 3 aliphatic rings. The summed E-state index contributed by atoms with van der Waals surface area (Å²) < 4.78 is 0. The van der Waals surface area contributed by atoms with Crippen molar-refractivity contribution < 1.29 is 14.4 Å². The summed E-state index contributed by atoms with van der Waals surface area (Å²) >= 11 is 0. The molecule has 27 heavy (non-hydrogen) atoms. The lowest BCUT2D eigenvalue weighted by molar-refractivity contribution is -0.140. The van der Waals surface area contributed by atoms with Gasteiger partial charge in [0.2, 0.25) is 5.91 Å². The average molecular weight is 369 g/mol. The monoisotopic (exact) mass is 369 g/mol. The molecule has 6 heteroatoms. The number of piperidine rings is 1. The lowest BCUT2D eigenvalue weighted by atomic mass is 9.76. The SMILES string of the molecule is C[C@H]1C[C@H](C)CN(C(=O)CN2C(=O)N[C@]3(CCCc4ccccc43)C2=O)C1. The number of carbonyl (C=O) groups excluding carboxylic acids is 3. The van der Waals surface area contributed by atoms with Crippen LogP contribution in [0.4, 0.5) is 4.79 Å². The number of nitrogens with one attached hydrogen (secondary N) is 1. The number of imide groups is 1. The Morgan fingerprint density at radius 1 is 1.19 bits per heavy atom. The maximum atomic E-state index is 13.3. The fourth-order valence-corrected chi connectivity index (χ4v) is 5.06. The van der Waals surface area contributed by atoms with Crippen LogP contribution in [0.15, 0.2) is 24.3 Å². The van der Waals surface area contributed by atoms with Crippen molar-refractivity contribution in [2.45, 2.75) is 45.1 Å². The van der Waals surface area contributed by atoms with E-state index in [2.05, 4.69) is 19.2 Å². The Hall–Kier alpha value is -2.37. The van der Waals surface area contributed by atoms with Gasteiger partial charge in [-0.2, -0.15) is 0 Å². The number of likely N-dealkylation sites (tertiary alicyclic amines) is 1. The summed E-state index contributed by atoms with van der Waals surface area (Å²) in [5.41, 5.74) is 0.975. The van der Waals surface area contributed by atoms with E-state index in [1.54, 1.807) is 4.90 Å². The Kier molecular flexibility index (Phi) is 4.44. The molecule has 6 nitrogen and oxygen atoms in total. The number of carbonyl (C=O) groups is 3. The van der Waals surface area contributed by atoms with Crippen LogP contribution in [0.25, 0.3) is 0 Å². The minimum absolute atomic E-state index is 0.141. The molecule has 0 saturated carbocycles. The topological polar surface area (TPSA) is 69.7 Å². The second kappa shape index (κ2) is 6.66. The maximum absolute atomic E-state index is 13.3. The Bertz CT molecular complexity index is 783. The molecule has 3 atom stereocenters. The van der Waals surface area contributed by atoms with Gasteiger partial charge >= 0.3 is 6.03 Å². The molecule has 2 fully saturated rings. The first-order valence-electron chi connectivity index (χ1n) is 9.91. The number of benzene rings is 1. The molecule has 0 radical (unpaired) electrons. The van der Waals surface area contributed by atoms with Crippen molar-refractivity contribution in [2.75, 3.05) is 19.6 Å².